The maximum atomic E-state index is 12.4. The van der Waals surface area contributed by atoms with Gasteiger partial charge in [0.05, 0.1) is 6.21 Å². The molecule has 146 valence electrons. The van der Waals surface area contributed by atoms with Crippen LogP contribution in [-0.4, -0.2) is 28.2 Å². The van der Waals surface area contributed by atoms with Crippen molar-refractivity contribution in [3.63, 3.8) is 0 Å². The number of hydrogen-bond acceptors (Lipinski definition) is 5. The quantitative estimate of drug-likeness (QED) is 0.396. The van der Waals surface area contributed by atoms with Gasteiger partial charge in [-0.3, -0.25) is 9.59 Å². The number of hydrazone groups is 1. The number of anilines is 1. The molecule has 29 heavy (non-hydrogen) atoms. The summed E-state index contributed by atoms with van der Waals surface area (Å²) in [5.74, 6) is -0.981. The zero-order valence-corrected chi connectivity index (χ0v) is 15.6. The third-order valence-corrected chi connectivity index (χ3v) is 4.16. The molecule has 0 heterocycles. The van der Waals surface area contributed by atoms with Crippen LogP contribution < -0.4 is 10.7 Å². The highest BCUT2D eigenvalue weighted by Gasteiger charge is 2.10. The fourth-order valence-electron chi connectivity index (χ4n) is 2.63. The fourth-order valence-corrected chi connectivity index (χ4v) is 2.63. The summed E-state index contributed by atoms with van der Waals surface area (Å²) in [6, 6.07) is 17.7. The lowest BCUT2D eigenvalue weighted by Gasteiger charge is -2.08. The molecule has 3 aromatic carbocycles. The second-order valence-electron chi connectivity index (χ2n) is 6.29. The molecule has 7 heteroatoms. The normalized spacial score (nSPS) is 10.7. The summed E-state index contributed by atoms with van der Waals surface area (Å²) in [4.78, 5) is 24.7. The van der Waals surface area contributed by atoms with E-state index in [1.807, 2.05) is 19.1 Å². The van der Waals surface area contributed by atoms with Crippen LogP contribution in [0.1, 0.15) is 31.8 Å². The predicted molar refractivity (Wildman–Crippen MR) is 110 cm³/mol. The molecule has 0 unspecified atom stereocenters. The van der Waals surface area contributed by atoms with Gasteiger partial charge in [0.2, 0.25) is 0 Å². The average Bonchev–Trinajstić information content (AvgIpc) is 2.70. The molecule has 2 amide bonds. The highest BCUT2D eigenvalue weighted by molar-refractivity contribution is 6.06. The van der Waals surface area contributed by atoms with Gasteiger partial charge in [0.15, 0.2) is 0 Å². The standard InChI is InChI=1S/C22H19N3O4/c1-14-5-2-3-8-19(14)22(29)24-17-7-4-6-15(11-17)21(28)25-23-13-16-9-10-18(26)12-20(16)27/h2-13,26-27H,1H3,(H,24,29)(H,25,28)/b23-13+. The Hall–Kier alpha value is -4.13. The van der Waals surface area contributed by atoms with Crippen molar-refractivity contribution in [3.8, 4) is 11.5 Å². The Labute approximate surface area is 167 Å². The summed E-state index contributed by atoms with van der Waals surface area (Å²) >= 11 is 0. The summed E-state index contributed by atoms with van der Waals surface area (Å²) in [6.07, 6.45) is 1.26. The molecule has 4 N–H and O–H groups in total. The summed E-state index contributed by atoms with van der Waals surface area (Å²) in [6.45, 7) is 1.85. The maximum absolute atomic E-state index is 12.4. The second-order valence-corrected chi connectivity index (χ2v) is 6.29. The average molecular weight is 389 g/mol. The minimum Gasteiger partial charge on any atom is -0.508 e. The van der Waals surface area contributed by atoms with Gasteiger partial charge < -0.3 is 15.5 Å². The molecule has 0 aliphatic carbocycles. The molecule has 0 bridgehead atoms. The van der Waals surface area contributed by atoms with E-state index in [0.717, 1.165) is 5.56 Å². The van der Waals surface area contributed by atoms with Crippen molar-refractivity contribution in [1.29, 1.82) is 0 Å². The first-order valence-electron chi connectivity index (χ1n) is 8.76. The molecule has 0 radical (unpaired) electrons. The van der Waals surface area contributed by atoms with Crippen LogP contribution in [0.2, 0.25) is 0 Å². The van der Waals surface area contributed by atoms with Gasteiger partial charge in [0.1, 0.15) is 11.5 Å². The maximum Gasteiger partial charge on any atom is 0.271 e. The molecule has 0 saturated carbocycles. The van der Waals surface area contributed by atoms with Crippen molar-refractivity contribution in [1.82, 2.24) is 5.43 Å². The molecule has 0 saturated heterocycles. The van der Waals surface area contributed by atoms with E-state index >= 15 is 0 Å². The molecule has 0 atom stereocenters. The van der Waals surface area contributed by atoms with Gasteiger partial charge in [-0.2, -0.15) is 5.10 Å². The van der Waals surface area contributed by atoms with E-state index in [2.05, 4.69) is 15.8 Å². The third kappa shape index (κ3) is 4.98. The van der Waals surface area contributed by atoms with Crippen molar-refractivity contribution in [3.05, 3.63) is 89.0 Å². The highest BCUT2D eigenvalue weighted by atomic mass is 16.3. The molecular formula is C22H19N3O4. The molecule has 7 nitrogen and oxygen atoms in total. The number of nitrogens with zero attached hydrogens (tertiary/aromatic N) is 1. The number of rotatable bonds is 5. The van der Waals surface area contributed by atoms with Gasteiger partial charge in [-0.05, 0) is 48.9 Å². The lowest BCUT2D eigenvalue weighted by atomic mass is 10.1. The Morgan fingerprint density at radius 3 is 2.48 bits per heavy atom. The molecular weight excluding hydrogens is 370 g/mol. The van der Waals surface area contributed by atoms with Crippen molar-refractivity contribution in [2.75, 3.05) is 5.32 Å². The van der Waals surface area contributed by atoms with Crippen LogP contribution in [0.15, 0.2) is 71.8 Å². The Morgan fingerprint density at radius 1 is 0.931 bits per heavy atom. The van der Waals surface area contributed by atoms with Gasteiger partial charge in [0.25, 0.3) is 11.8 Å². The van der Waals surface area contributed by atoms with E-state index in [9.17, 15) is 19.8 Å². The smallest absolute Gasteiger partial charge is 0.271 e. The lowest BCUT2D eigenvalue weighted by Crippen LogP contribution is -2.18. The van der Waals surface area contributed by atoms with Gasteiger partial charge in [-0.25, -0.2) is 5.43 Å². The van der Waals surface area contributed by atoms with E-state index in [0.29, 0.717) is 22.4 Å². The van der Waals surface area contributed by atoms with E-state index in [-0.39, 0.29) is 17.4 Å². The topological polar surface area (TPSA) is 111 Å². The summed E-state index contributed by atoms with van der Waals surface area (Å²) < 4.78 is 0. The van der Waals surface area contributed by atoms with E-state index in [4.69, 9.17) is 0 Å². The van der Waals surface area contributed by atoms with Gasteiger partial charge in [-0.15, -0.1) is 0 Å². The fraction of sp³-hybridized carbons (Fsp3) is 0.0455. The number of benzene rings is 3. The zero-order chi connectivity index (χ0) is 20.8. The van der Waals surface area contributed by atoms with Crippen molar-refractivity contribution in [2.24, 2.45) is 5.10 Å². The van der Waals surface area contributed by atoms with Crippen molar-refractivity contribution in [2.45, 2.75) is 6.92 Å². The number of aromatic hydroxyl groups is 2. The minimum absolute atomic E-state index is 0.0757. The molecule has 0 aliphatic heterocycles. The van der Waals surface area contributed by atoms with Crippen LogP contribution in [0, 0.1) is 6.92 Å². The van der Waals surface area contributed by atoms with Gasteiger partial charge in [0, 0.05) is 28.4 Å². The monoisotopic (exact) mass is 389 g/mol. The van der Waals surface area contributed by atoms with Crippen LogP contribution in [0.3, 0.4) is 0 Å². The Balaban J connectivity index is 1.67. The first-order chi connectivity index (χ1) is 13.9. The highest BCUT2D eigenvalue weighted by Crippen LogP contribution is 2.20. The molecule has 0 fully saturated rings. The van der Waals surface area contributed by atoms with E-state index < -0.39 is 5.91 Å². The summed E-state index contributed by atoms with van der Waals surface area (Å²) in [5.41, 5.74) is 4.88. The Kier molecular flexibility index (Phi) is 5.89. The van der Waals surface area contributed by atoms with Crippen LogP contribution in [0.5, 0.6) is 11.5 Å². The first-order valence-corrected chi connectivity index (χ1v) is 8.76. The van der Waals surface area contributed by atoms with Gasteiger partial charge >= 0.3 is 0 Å². The van der Waals surface area contributed by atoms with E-state index in [1.54, 1.807) is 36.4 Å². The van der Waals surface area contributed by atoms with Crippen molar-refractivity contribution < 1.29 is 19.8 Å². The summed E-state index contributed by atoms with van der Waals surface area (Å²) in [5, 5.41) is 25.6. The van der Waals surface area contributed by atoms with Crippen LogP contribution >= 0.6 is 0 Å². The number of amides is 2. The molecule has 3 aromatic rings. The molecule has 0 aromatic heterocycles. The number of aryl methyl sites for hydroxylation is 1. The molecule has 3 rings (SSSR count). The second kappa shape index (κ2) is 8.71. The number of hydrogen-bond donors (Lipinski definition) is 4. The number of phenolic OH excluding ortho intramolecular Hbond substituents is 2. The zero-order valence-electron chi connectivity index (χ0n) is 15.6. The molecule has 0 spiro atoms. The van der Waals surface area contributed by atoms with Crippen LogP contribution in [0.4, 0.5) is 5.69 Å². The number of carbonyl (C=O) groups is 2. The van der Waals surface area contributed by atoms with Crippen molar-refractivity contribution >= 4 is 23.7 Å². The number of nitrogens with one attached hydrogen (secondary N) is 2. The van der Waals surface area contributed by atoms with Crippen LogP contribution in [0.25, 0.3) is 0 Å². The van der Waals surface area contributed by atoms with E-state index in [1.165, 1.54) is 24.4 Å². The number of phenols is 2. The van der Waals surface area contributed by atoms with Crippen LogP contribution in [-0.2, 0) is 0 Å². The summed E-state index contributed by atoms with van der Waals surface area (Å²) in [7, 11) is 0. The predicted octanol–water partition coefficient (Wildman–Crippen LogP) is 3.42. The molecule has 0 aliphatic rings. The Bertz CT molecular complexity index is 1090. The minimum atomic E-state index is -0.480. The lowest BCUT2D eigenvalue weighted by molar-refractivity contribution is 0.0953. The largest absolute Gasteiger partial charge is 0.508 e. The van der Waals surface area contributed by atoms with Gasteiger partial charge in [-0.1, -0.05) is 24.3 Å². The SMILES string of the molecule is Cc1ccccc1C(=O)Nc1cccc(C(=O)N/N=C/c2ccc(O)cc2O)c1. The first kappa shape index (κ1) is 19.6. The Morgan fingerprint density at radius 2 is 1.72 bits per heavy atom. The third-order valence-electron chi connectivity index (χ3n) is 4.16. The number of carbonyl (C=O) groups excluding carboxylic acids is 2.